The monoisotopic (exact) mass is 308 g/mol. The molecule has 0 bridgehead atoms. The molecule has 0 heterocycles. The standard InChI is InChI=1S/C12H18ClFN2O2S/c1-9(2)15-6-3-7-16-19(17,18)10-4-5-12(14)11(13)8-10/h4-5,8-9,15-16H,3,6-7H2,1-2H3. The Labute approximate surface area is 118 Å². The Morgan fingerprint density at radius 3 is 2.58 bits per heavy atom. The van der Waals surface area contributed by atoms with Crippen molar-refractivity contribution in [3.63, 3.8) is 0 Å². The normalized spacial score (nSPS) is 12.1. The topological polar surface area (TPSA) is 58.2 Å². The van der Waals surface area contributed by atoms with E-state index in [4.69, 9.17) is 11.6 Å². The molecule has 19 heavy (non-hydrogen) atoms. The number of halogens is 2. The molecular formula is C12H18ClFN2O2S. The van der Waals surface area contributed by atoms with Crippen molar-refractivity contribution in [2.45, 2.75) is 31.2 Å². The van der Waals surface area contributed by atoms with E-state index in [2.05, 4.69) is 10.0 Å². The Morgan fingerprint density at radius 2 is 2.00 bits per heavy atom. The van der Waals surface area contributed by atoms with Gasteiger partial charge in [0.15, 0.2) is 0 Å². The molecule has 0 spiro atoms. The summed E-state index contributed by atoms with van der Waals surface area (Å²) in [7, 11) is -3.63. The predicted molar refractivity (Wildman–Crippen MR) is 74.4 cm³/mol. The van der Waals surface area contributed by atoms with Gasteiger partial charge in [0.05, 0.1) is 9.92 Å². The van der Waals surface area contributed by atoms with E-state index >= 15 is 0 Å². The predicted octanol–water partition coefficient (Wildman–Crippen LogP) is 2.15. The average Bonchev–Trinajstić information content (AvgIpc) is 2.31. The van der Waals surface area contributed by atoms with Gasteiger partial charge in [0.2, 0.25) is 10.0 Å². The molecule has 0 fully saturated rings. The molecule has 0 aliphatic rings. The lowest BCUT2D eigenvalue weighted by Gasteiger charge is -2.09. The fourth-order valence-electron chi connectivity index (χ4n) is 1.41. The van der Waals surface area contributed by atoms with Crippen LogP contribution in [0.4, 0.5) is 4.39 Å². The molecule has 1 rings (SSSR count). The average molecular weight is 309 g/mol. The third-order valence-electron chi connectivity index (χ3n) is 2.40. The van der Waals surface area contributed by atoms with Gasteiger partial charge in [0.25, 0.3) is 0 Å². The van der Waals surface area contributed by atoms with Gasteiger partial charge in [-0.15, -0.1) is 0 Å². The quantitative estimate of drug-likeness (QED) is 0.759. The number of nitrogens with one attached hydrogen (secondary N) is 2. The Bertz CT molecular complexity index is 520. The molecule has 1 aromatic carbocycles. The summed E-state index contributed by atoms with van der Waals surface area (Å²) in [4.78, 5) is -0.0317. The van der Waals surface area contributed by atoms with Crippen LogP contribution in [0, 0.1) is 5.82 Å². The summed E-state index contributed by atoms with van der Waals surface area (Å²) < 4.78 is 39.2. The molecule has 0 saturated carbocycles. The molecule has 0 amide bonds. The van der Waals surface area contributed by atoms with E-state index < -0.39 is 15.8 Å². The van der Waals surface area contributed by atoms with Crippen LogP contribution >= 0.6 is 11.6 Å². The van der Waals surface area contributed by atoms with Crippen LogP contribution in [-0.2, 0) is 10.0 Å². The van der Waals surface area contributed by atoms with E-state index in [1.165, 1.54) is 6.07 Å². The molecule has 1 aromatic rings. The van der Waals surface area contributed by atoms with E-state index in [0.29, 0.717) is 19.0 Å². The summed E-state index contributed by atoms with van der Waals surface area (Å²) in [6.45, 7) is 5.08. The molecule has 0 aromatic heterocycles. The molecule has 0 unspecified atom stereocenters. The van der Waals surface area contributed by atoms with Crippen LogP contribution in [-0.4, -0.2) is 27.5 Å². The lowest BCUT2D eigenvalue weighted by molar-refractivity contribution is 0.554. The first-order chi connectivity index (χ1) is 8.83. The molecule has 4 nitrogen and oxygen atoms in total. The first-order valence-corrected chi connectivity index (χ1v) is 7.87. The summed E-state index contributed by atoms with van der Waals surface area (Å²) in [5, 5.41) is 2.98. The number of hydrogen-bond acceptors (Lipinski definition) is 3. The number of sulfonamides is 1. The van der Waals surface area contributed by atoms with Gasteiger partial charge in [-0.1, -0.05) is 25.4 Å². The highest BCUT2D eigenvalue weighted by molar-refractivity contribution is 7.89. The van der Waals surface area contributed by atoms with Crippen LogP contribution in [0.25, 0.3) is 0 Å². The minimum absolute atomic E-state index is 0.0317. The second-order valence-electron chi connectivity index (χ2n) is 4.44. The van der Waals surface area contributed by atoms with Crippen molar-refractivity contribution in [2.75, 3.05) is 13.1 Å². The minimum atomic E-state index is -3.63. The lowest BCUT2D eigenvalue weighted by Crippen LogP contribution is -2.29. The van der Waals surface area contributed by atoms with Crippen LogP contribution in [0.1, 0.15) is 20.3 Å². The first kappa shape index (κ1) is 16.4. The van der Waals surface area contributed by atoms with Gasteiger partial charge in [-0.25, -0.2) is 17.5 Å². The Morgan fingerprint density at radius 1 is 1.32 bits per heavy atom. The molecule has 0 radical (unpaired) electrons. The van der Waals surface area contributed by atoms with Crippen molar-refractivity contribution in [3.05, 3.63) is 29.0 Å². The summed E-state index contributed by atoms with van der Waals surface area (Å²) in [6, 6.07) is 3.70. The number of hydrogen-bond donors (Lipinski definition) is 2. The Kier molecular flexibility index (Phi) is 6.19. The zero-order valence-corrected chi connectivity index (χ0v) is 12.5. The second-order valence-corrected chi connectivity index (χ2v) is 6.61. The van der Waals surface area contributed by atoms with Crippen molar-refractivity contribution in [2.24, 2.45) is 0 Å². The van der Waals surface area contributed by atoms with Crippen LogP contribution in [0.2, 0.25) is 5.02 Å². The summed E-state index contributed by atoms with van der Waals surface area (Å²) in [5.41, 5.74) is 0. The van der Waals surface area contributed by atoms with Crippen molar-refractivity contribution in [3.8, 4) is 0 Å². The minimum Gasteiger partial charge on any atom is -0.314 e. The smallest absolute Gasteiger partial charge is 0.240 e. The fraction of sp³-hybridized carbons (Fsp3) is 0.500. The van der Waals surface area contributed by atoms with E-state index in [9.17, 15) is 12.8 Å². The Hall–Kier alpha value is -0.690. The van der Waals surface area contributed by atoms with Gasteiger partial charge in [0.1, 0.15) is 5.82 Å². The van der Waals surface area contributed by atoms with Crippen molar-refractivity contribution < 1.29 is 12.8 Å². The molecule has 7 heteroatoms. The summed E-state index contributed by atoms with van der Waals surface area (Å²) in [5.74, 6) is -0.637. The number of rotatable bonds is 7. The van der Waals surface area contributed by atoms with Crippen LogP contribution in [0.15, 0.2) is 23.1 Å². The molecule has 0 aliphatic carbocycles. The summed E-state index contributed by atoms with van der Waals surface area (Å²) in [6.07, 6.45) is 0.673. The van der Waals surface area contributed by atoms with Crippen LogP contribution in [0.3, 0.4) is 0 Å². The van der Waals surface area contributed by atoms with Gasteiger partial charge in [-0.3, -0.25) is 0 Å². The Balaban J connectivity index is 2.54. The van der Waals surface area contributed by atoms with Crippen molar-refractivity contribution >= 4 is 21.6 Å². The molecule has 2 N–H and O–H groups in total. The van der Waals surface area contributed by atoms with Crippen molar-refractivity contribution in [1.29, 1.82) is 0 Å². The number of benzene rings is 1. The third-order valence-corrected chi connectivity index (χ3v) is 4.15. The third kappa shape index (κ3) is 5.44. The van der Waals surface area contributed by atoms with Crippen LogP contribution in [0.5, 0.6) is 0 Å². The molecule has 0 aliphatic heterocycles. The van der Waals surface area contributed by atoms with Gasteiger partial charge in [-0.2, -0.15) is 0 Å². The lowest BCUT2D eigenvalue weighted by atomic mass is 10.3. The van der Waals surface area contributed by atoms with E-state index in [-0.39, 0.29) is 9.92 Å². The van der Waals surface area contributed by atoms with Gasteiger partial charge >= 0.3 is 0 Å². The maximum absolute atomic E-state index is 13.0. The molecule has 0 saturated heterocycles. The van der Waals surface area contributed by atoms with Gasteiger partial charge in [0, 0.05) is 12.6 Å². The highest BCUT2D eigenvalue weighted by Crippen LogP contribution is 2.19. The second kappa shape index (κ2) is 7.19. The van der Waals surface area contributed by atoms with Gasteiger partial charge in [-0.05, 0) is 31.2 Å². The SMILES string of the molecule is CC(C)NCCCNS(=O)(=O)c1ccc(F)c(Cl)c1. The van der Waals surface area contributed by atoms with Crippen molar-refractivity contribution in [1.82, 2.24) is 10.0 Å². The summed E-state index contributed by atoms with van der Waals surface area (Å²) >= 11 is 5.56. The highest BCUT2D eigenvalue weighted by Gasteiger charge is 2.14. The van der Waals surface area contributed by atoms with E-state index in [1.54, 1.807) is 0 Å². The maximum atomic E-state index is 13.0. The molecular weight excluding hydrogens is 291 g/mol. The zero-order chi connectivity index (χ0) is 14.5. The van der Waals surface area contributed by atoms with E-state index in [1.807, 2.05) is 13.8 Å². The first-order valence-electron chi connectivity index (χ1n) is 6.01. The molecule has 0 atom stereocenters. The highest BCUT2D eigenvalue weighted by atomic mass is 35.5. The zero-order valence-electron chi connectivity index (χ0n) is 10.9. The maximum Gasteiger partial charge on any atom is 0.240 e. The van der Waals surface area contributed by atoms with E-state index in [0.717, 1.165) is 18.7 Å². The van der Waals surface area contributed by atoms with Gasteiger partial charge < -0.3 is 5.32 Å². The largest absolute Gasteiger partial charge is 0.314 e. The van der Waals surface area contributed by atoms with Crippen LogP contribution < -0.4 is 10.0 Å². The molecule has 108 valence electrons. The fourth-order valence-corrected chi connectivity index (χ4v) is 2.76.